The Hall–Kier alpha value is 0. The van der Waals surface area contributed by atoms with Gasteiger partial charge in [0, 0.05) is 0 Å². The highest BCUT2D eigenvalue weighted by Crippen LogP contribution is 2.37. The quantitative estimate of drug-likeness (QED) is 0.465. The molecule has 1 saturated carbocycles. The van der Waals surface area contributed by atoms with Crippen LogP contribution in [0.1, 0.15) is 85.0 Å². The summed E-state index contributed by atoms with van der Waals surface area (Å²) in [5.74, 6) is 2.16. The van der Waals surface area contributed by atoms with E-state index in [1.54, 1.807) is 0 Å². The highest BCUT2D eigenvalue weighted by atomic mass is 14.3. The van der Waals surface area contributed by atoms with Crippen LogP contribution in [0.4, 0.5) is 0 Å². The van der Waals surface area contributed by atoms with Gasteiger partial charge in [-0.15, -0.1) is 0 Å². The first-order valence-electron chi connectivity index (χ1n) is 7.55. The Labute approximate surface area is 104 Å². The van der Waals surface area contributed by atoms with Crippen LogP contribution in [0.5, 0.6) is 0 Å². The molecule has 1 aliphatic carbocycles. The van der Waals surface area contributed by atoms with Gasteiger partial charge in [0.05, 0.1) is 0 Å². The molecule has 0 N–H and O–H groups in total. The van der Waals surface area contributed by atoms with Crippen molar-refractivity contribution in [3.63, 3.8) is 0 Å². The van der Waals surface area contributed by atoms with Gasteiger partial charge in [-0.3, -0.25) is 0 Å². The Morgan fingerprint density at radius 1 is 0.938 bits per heavy atom. The molecule has 0 aromatic rings. The van der Waals surface area contributed by atoms with E-state index >= 15 is 0 Å². The molecule has 1 fully saturated rings. The maximum atomic E-state index is 3.72. The first kappa shape index (κ1) is 16.0. The molecule has 2 unspecified atom stereocenters. The van der Waals surface area contributed by atoms with E-state index in [2.05, 4.69) is 27.7 Å². The van der Waals surface area contributed by atoms with E-state index in [1.165, 1.54) is 57.8 Å². The third kappa shape index (κ3) is 8.19. The summed E-state index contributed by atoms with van der Waals surface area (Å²) in [6.07, 6.45) is 13.9. The van der Waals surface area contributed by atoms with Crippen molar-refractivity contribution in [1.29, 1.82) is 0 Å². The standard InChI is InChI=1S/C10H20.C6H13/c1-3-4-5-6-10-8-7-9(10)2;1-3-5-6-4-2/h9-10H,3-8H2,1-2H3;1,3-6H2,2H3. The number of unbranched alkanes of at least 4 members (excludes halogenated alkanes) is 5. The van der Waals surface area contributed by atoms with Crippen LogP contribution in [0.2, 0.25) is 0 Å². The van der Waals surface area contributed by atoms with E-state index in [0.717, 1.165) is 18.3 Å². The van der Waals surface area contributed by atoms with Gasteiger partial charge in [0.1, 0.15) is 0 Å². The first-order chi connectivity index (χ1) is 7.76. The zero-order valence-electron chi connectivity index (χ0n) is 11.9. The fraction of sp³-hybridized carbons (Fsp3) is 0.938. The minimum Gasteiger partial charge on any atom is -0.0654 e. The summed E-state index contributed by atoms with van der Waals surface area (Å²) in [4.78, 5) is 0. The topological polar surface area (TPSA) is 0 Å². The summed E-state index contributed by atoms with van der Waals surface area (Å²) in [5.41, 5.74) is 0. The smallest absolute Gasteiger partial charge is 0.0388 e. The summed E-state index contributed by atoms with van der Waals surface area (Å²) >= 11 is 0. The van der Waals surface area contributed by atoms with Crippen molar-refractivity contribution in [1.82, 2.24) is 0 Å². The molecule has 0 amide bonds. The van der Waals surface area contributed by atoms with Crippen molar-refractivity contribution >= 4 is 0 Å². The van der Waals surface area contributed by atoms with Crippen LogP contribution >= 0.6 is 0 Å². The van der Waals surface area contributed by atoms with Gasteiger partial charge < -0.3 is 0 Å². The van der Waals surface area contributed by atoms with Crippen LogP contribution in [-0.4, -0.2) is 0 Å². The summed E-state index contributed by atoms with van der Waals surface area (Å²) < 4.78 is 0. The van der Waals surface area contributed by atoms with Gasteiger partial charge >= 0.3 is 0 Å². The fourth-order valence-electron chi connectivity index (χ4n) is 2.25. The van der Waals surface area contributed by atoms with Crippen molar-refractivity contribution in [2.24, 2.45) is 11.8 Å². The van der Waals surface area contributed by atoms with E-state index in [4.69, 9.17) is 0 Å². The molecule has 0 aromatic heterocycles. The average Bonchev–Trinajstić information content (AvgIpc) is 2.31. The lowest BCUT2D eigenvalue weighted by Crippen LogP contribution is -2.22. The molecule has 0 saturated heterocycles. The lowest BCUT2D eigenvalue weighted by molar-refractivity contribution is 0.179. The van der Waals surface area contributed by atoms with Crippen molar-refractivity contribution in [2.75, 3.05) is 0 Å². The molecule has 2 atom stereocenters. The third-order valence-corrected chi connectivity index (χ3v) is 3.83. The molecule has 0 spiro atoms. The molecular weight excluding hydrogens is 192 g/mol. The minimum atomic E-state index is 1.05. The van der Waals surface area contributed by atoms with E-state index in [1.807, 2.05) is 0 Å². The lowest BCUT2D eigenvalue weighted by Gasteiger charge is -2.33. The predicted octanol–water partition coefficient (Wildman–Crippen LogP) is 6.01. The highest BCUT2D eigenvalue weighted by Gasteiger charge is 2.25. The molecule has 0 nitrogen and oxygen atoms in total. The monoisotopic (exact) mass is 225 g/mol. The summed E-state index contributed by atoms with van der Waals surface area (Å²) in [6.45, 7) is 10.6. The maximum Gasteiger partial charge on any atom is -0.0388 e. The van der Waals surface area contributed by atoms with Gasteiger partial charge in [-0.25, -0.2) is 0 Å². The second-order valence-electron chi connectivity index (χ2n) is 5.37. The Bertz CT molecular complexity index is 124. The third-order valence-electron chi connectivity index (χ3n) is 3.83. The molecule has 1 aliphatic rings. The van der Waals surface area contributed by atoms with Crippen molar-refractivity contribution in [3.8, 4) is 0 Å². The SMILES string of the molecule is CCCCCC1CCC1C.[CH2]CCCCC. The molecular formula is C16H33. The molecule has 0 aliphatic heterocycles. The van der Waals surface area contributed by atoms with Gasteiger partial charge in [-0.2, -0.15) is 0 Å². The molecule has 0 heteroatoms. The van der Waals surface area contributed by atoms with Gasteiger partial charge in [0.2, 0.25) is 0 Å². The van der Waals surface area contributed by atoms with Crippen LogP contribution in [0.3, 0.4) is 0 Å². The lowest BCUT2D eigenvalue weighted by atomic mass is 9.72. The second-order valence-corrected chi connectivity index (χ2v) is 5.37. The molecule has 16 heavy (non-hydrogen) atoms. The zero-order valence-corrected chi connectivity index (χ0v) is 11.9. The van der Waals surface area contributed by atoms with Crippen LogP contribution in [0.15, 0.2) is 0 Å². The van der Waals surface area contributed by atoms with Crippen molar-refractivity contribution < 1.29 is 0 Å². The largest absolute Gasteiger partial charge is 0.0654 e. The van der Waals surface area contributed by atoms with Crippen LogP contribution < -0.4 is 0 Å². The van der Waals surface area contributed by atoms with Crippen LogP contribution in [0, 0.1) is 18.8 Å². The predicted molar refractivity (Wildman–Crippen MR) is 75.5 cm³/mol. The van der Waals surface area contributed by atoms with Crippen molar-refractivity contribution in [3.05, 3.63) is 6.92 Å². The van der Waals surface area contributed by atoms with Gasteiger partial charge in [0.25, 0.3) is 0 Å². The molecule has 97 valence electrons. The molecule has 1 rings (SSSR count). The number of hydrogen-bond donors (Lipinski definition) is 0. The second kappa shape index (κ2) is 11.5. The van der Waals surface area contributed by atoms with E-state index in [-0.39, 0.29) is 0 Å². The Morgan fingerprint density at radius 2 is 1.56 bits per heavy atom. The average molecular weight is 225 g/mol. The zero-order chi connectivity index (χ0) is 12.2. The van der Waals surface area contributed by atoms with Gasteiger partial charge in [0.15, 0.2) is 0 Å². The maximum absolute atomic E-state index is 3.72. The van der Waals surface area contributed by atoms with E-state index < -0.39 is 0 Å². The van der Waals surface area contributed by atoms with E-state index in [0.29, 0.717) is 0 Å². The summed E-state index contributed by atoms with van der Waals surface area (Å²) in [6, 6.07) is 0. The van der Waals surface area contributed by atoms with Crippen LogP contribution in [0.25, 0.3) is 0 Å². The van der Waals surface area contributed by atoms with E-state index in [9.17, 15) is 0 Å². The molecule has 0 heterocycles. The highest BCUT2D eigenvalue weighted by molar-refractivity contribution is 4.76. The summed E-state index contributed by atoms with van der Waals surface area (Å²) in [7, 11) is 0. The Morgan fingerprint density at radius 3 is 1.88 bits per heavy atom. The first-order valence-corrected chi connectivity index (χ1v) is 7.55. The van der Waals surface area contributed by atoms with Gasteiger partial charge in [-0.1, -0.05) is 85.5 Å². The normalized spacial score (nSPS) is 23.2. The Balaban J connectivity index is 0.000000325. The molecule has 0 bridgehead atoms. The summed E-state index contributed by atoms with van der Waals surface area (Å²) in [5, 5.41) is 0. The number of hydrogen-bond acceptors (Lipinski definition) is 0. The van der Waals surface area contributed by atoms with Crippen LogP contribution in [-0.2, 0) is 0 Å². The fourth-order valence-corrected chi connectivity index (χ4v) is 2.25. The molecule has 1 radical (unpaired) electrons. The Kier molecular flexibility index (Phi) is 11.5. The minimum absolute atomic E-state index is 1.05. The molecule has 0 aromatic carbocycles. The van der Waals surface area contributed by atoms with Gasteiger partial charge in [-0.05, 0) is 18.3 Å². The number of rotatable bonds is 7. The van der Waals surface area contributed by atoms with Crippen molar-refractivity contribution in [2.45, 2.75) is 85.0 Å².